The molecular formula is C21H27FN2O2. The molecule has 26 heavy (non-hydrogen) atoms. The van der Waals surface area contributed by atoms with Crippen LogP contribution in [0.15, 0.2) is 48.5 Å². The summed E-state index contributed by atoms with van der Waals surface area (Å²) < 4.78 is 19.2. The molecule has 1 aliphatic heterocycles. The molecule has 0 aliphatic carbocycles. The van der Waals surface area contributed by atoms with Gasteiger partial charge in [-0.15, -0.1) is 0 Å². The van der Waals surface area contributed by atoms with Crippen molar-refractivity contribution in [3.05, 3.63) is 65.5 Å². The lowest BCUT2D eigenvalue weighted by Crippen LogP contribution is -2.52. The average molecular weight is 358 g/mol. The van der Waals surface area contributed by atoms with Crippen LogP contribution in [0.1, 0.15) is 17.5 Å². The summed E-state index contributed by atoms with van der Waals surface area (Å²) in [5, 5.41) is 9.48. The molecule has 5 heteroatoms. The molecule has 0 spiro atoms. The van der Waals surface area contributed by atoms with Crippen LogP contribution in [-0.4, -0.2) is 54.3 Å². The lowest BCUT2D eigenvalue weighted by atomic mass is 10.1. The van der Waals surface area contributed by atoms with Gasteiger partial charge in [0.25, 0.3) is 0 Å². The van der Waals surface area contributed by atoms with Gasteiger partial charge in [0.1, 0.15) is 11.6 Å². The second kappa shape index (κ2) is 9.12. The third-order valence-corrected chi connectivity index (χ3v) is 5.02. The number of benzene rings is 2. The Balaban J connectivity index is 1.65. The molecule has 0 amide bonds. The predicted molar refractivity (Wildman–Crippen MR) is 101 cm³/mol. The summed E-state index contributed by atoms with van der Waals surface area (Å²) in [5.41, 5.74) is 1.94. The van der Waals surface area contributed by atoms with Crippen molar-refractivity contribution in [2.45, 2.75) is 25.6 Å². The maximum absolute atomic E-state index is 13.9. The zero-order valence-electron chi connectivity index (χ0n) is 15.3. The lowest BCUT2D eigenvalue weighted by Gasteiger charge is -2.41. The highest BCUT2D eigenvalue weighted by atomic mass is 19.1. The quantitative estimate of drug-likeness (QED) is 0.826. The SMILES string of the molecule is COc1cccc(CN2CCN(Cc3ccccc3F)CC2CCO)c1. The molecule has 3 rings (SSSR count). The fourth-order valence-corrected chi connectivity index (χ4v) is 3.60. The monoisotopic (exact) mass is 358 g/mol. The fourth-order valence-electron chi connectivity index (χ4n) is 3.60. The van der Waals surface area contributed by atoms with Crippen molar-refractivity contribution >= 4 is 0 Å². The molecule has 1 aliphatic rings. The second-order valence-electron chi connectivity index (χ2n) is 6.81. The molecule has 1 atom stereocenters. The van der Waals surface area contributed by atoms with Crippen molar-refractivity contribution in [1.82, 2.24) is 9.80 Å². The fraction of sp³-hybridized carbons (Fsp3) is 0.429. The first-order chi connectivity index (χ1) is 12.7. The van der Waals surface area contributed by atoms with E-state index in [4.69, 9.17) is 4.74 Å². The van der Waals surface area contributed by atoms with Crippen LogP contribution in [0.25, 0.3) is 0 Å². The third kappa shape index (κ3) is 4.81. The molecule has 1 N–H and O–H groups in total. The number of rotatable bonds is 7. The van der Waals surface area contributed by atoms with Crippen molar-refractivity contribution in [1.29, 1.82) is 0 Å². The van der Waals surface area contributed by atoms with Crippen LogP contribution in [0.4, 0.5) is 4.39 Å². The van der Waals surface area contributed by atoms with Gasteiger partial charge < -0.3 is 9.84 Å². The van der Waals surface area contributed by atoms with E-state index >= 15 is 0 Å². The molecule has 0 aromatic heterocycles. The number of aliphatic hydroxyl groups is 1. The van der Waals surface area contributed by atoms with Gasteiger partial charge in [-0.2, -0.15) is 0 Å². The maximum atomic E-state index is 13.9. The van der Waals surface area contributed by atoms with Gasteiger partial charge in [-0.05, 0) is 30.2 Å². The van der Waals surface area contributed by atoms with Crippen LogP contribution >= 0.6 is 0 Å². The van der Waals surface area contributed by atoms with E-state index in [2.05, 4.69) is 21.9 Å². The lowest BCUT2D eigenvalue weighted by molar-refractivity contribution is 0.0494. The minimum atomic E-state index is -0.148. The standard InChI is InChI=1S/C21H27FN2O2/c1-26-20-7-4-5-17(13-20)14-24-11-10-23(16-19(24)9-12-25)15-18-6-2-3-8-21(18)22/h2-8,13,19,25H,9-12,14-16H2,1H3. The molecule has 0 radical (unpaired) electrons. The Morgan fingerprint density at radius 2 is 1.96 bits per heavy atom. The van der Waals surface area contributed by atoms with Gasteiger partial charge in [-0.25, -0.2) is 4.39 Å². The van der Waals surface area contributed by atoms with Gasteiger partial charge >= 0.3 is 0 Å². The molecule has 2 aromatic rings. The first kappa shape index (κ1) is 18.8. The average Bonchev–Trinajstić information content (AvgIpc) is 2.66. The molecule has 0 saturated carbocycles. The van der Waals surface area contributed by atoms with E-state index in [1.54, 1.807) is 13.2 Å². The summed E-state index contributed by atoms with van der Waals surface area (Å²) >= 11 is 0. The number of aliphatic hydroxyl groups excluding tert-OH is 1. The number of hydrogen-bond acceptors (Lipinski definition) is 4. The van der Waals surface area contributed by atoms with Gasteiger partial charge in [-0.1, -0.05) is 30.3 Å². The van der Waals surface area contributed by atoms with Crippen molar-refractivity contribution in [3.8, 4) is 5.75 Å². The van der Waals surface area contributed by atoms with Crippen LogP contribution in [0.5, 0.6) is 5.75 Å². The summed E-state index contributed by atoms with van der Waals surface area (Å²) in [4.78, 5) is 4.68. The van der Waals surface area contributed by atoms with E-state index < -0.39 is 0 Å². The predicted octanol–water partition coefficient (Wildman–Crippen LogP) is 2.90. The number of piperazine rings is 1. The van der Waals surface area contributed by atoms with Gasteiger partial charge in [0.2, 0.25) is 0 Å². The summed E-state index contributed by atoms with van der Waals surface area (Å²) in [6.07, 6.45) is 0.720. The molecule has 1 heterocycles. The molecule has 140 valence electrons. The Bertz CT molecular complexity index is 710. The molecule has 1 saturated heterocycles. The highest BCUT2D eigenvalue weighted by Crippen LogP contribution is 2.21. The van der Waals surface area contributed by atoms with E-state index in [9.17, 15) is 9.50 Å². The van der Waals surface area contributed by atoms with Crippen LogP contribution in [0, 0.1) is 5.82 Å². The summed E-state index contributed by atoms with van der Waals surface area (Å²) in [6, 6.07) is 15.3. The molecule has 0 bridgehead atoms. The highest BCUT2D eigenvalue weighted by molar-refractivity contribution is 5.28. The minimum absolute atomic E-state index is 0.148. The zero-order chi connectivity index (χ0) is 18.4. The maximum Gasteiger partial charge on any atom is 0.127 e. The van der Waals surface area contributed by atoms with Gasteiger partial charge in [-0.3, -0.25) is 9.80 Å². The first-order valence-electron chi connectivity index (χ1n) is 9.13. The Morgan fingerprint density at radius 3 is 2.73 bits per heavy atom. The third-order valence-electron chi connectivity index (χ3n) is 5.02. The minimum Gasteiger partial charge on any atom is -0.497 e. The molecule has 4 nitrogen and oxygen atoms in total. The van der Waals surface area contributed by atoms with Crippen LogP contribution in [0.3, 0.4) is 0 Å². The smallest absolute Gasteiger partial charge is 0.127 e. The van der Waals surface area contributed by atoms with Crippen molar-refractivity contribution in [2.75, 3.05) is 33.4 Å². The first-order valence-corrected chi connectivity index (χ1v) is 9.13. The van der Waals surface area contributed by atoms with Crippen molar-refractivity contribution < 1.29 is 14.2 Å². The van der Waals surface area contributed by atoms with Crippen LogP contribution < -0.4 is 4.74 Å². The summed E-state index contributed by atoms with van der Waals surface area (Å²) in [6.45, 7) is 4.22. The van der Waals surface area contributed by atoms with E-state index in [1.165, 1.54) is 11.6 Å². The van der Waals surface area contributed by atoms with E-state index in [1.807, 2.05) is 24.3 Å². The van der Waals surface area contributed by atoms with Crippen molar-refractivity contribution in [2.24, 2.45) is 0 Å². The normalized spacial score (nSPS) is 18.8. The number of methoxy groups -OCH3 is 1. The Morgan fingerprint density at radius 1 is 1.12 bits per heavy atom. The summed E-state index contributed by atoms with van der Waals surface area (Å²) in [5.74, 6) is 0.712. The number of ether oxygens (including phenoxy) is 1. The van der Waals surface area contributed by atoms with Crippen LogP contribution in [0.2, 0.25) is 0 Å². The van der Waals surface area contributed by atoms with Gasteiger partial charge in [0.15, 0.2) is 0 Å². The second-order valence-corrected chi connectivity index (χ2v) is 6.81. The van der Waals surface area contributed by atoms with Gasteiger partial charge in [0, 0.05) is 50.9 Å². The molecule has 1 unspecified atom stereocenters. The summed E-state index contributed by atoms with van der Waals surface area (Å²) in [7, 11) is 1.68. The molecule has 2 aromatic carbocycles. The number of halogens is 1. The van der Waals surface area contributed by atoms with Gasteiger partial charge in [0.05, 0.1) is 7.11 Å². The highest BCUT2D eigenvalue weighted by Gasteiger charge is 2.27. The topological polar surface area (TPSA) is 35.9 Å². The van der Waals surface area contributed by atoms with E-state index in [0.717, 1.165) is 43.9 Å². The number of hydrogen-bond donors (Lipinski definition) is 1. The van der Waals surface area contributed by atoms with E-state index in [-0.39, 0.29) is 18.5 Å². The van der Waals surface area contributed by atoms with E-state index in [0.29, 0.717) is 6.54 Å². The Kier molecular flexibility index (Phi) is 6.61. The Labute approximate surface area is 154 Å². The van der Waals surface area contributed by atoms with Crippen molar-refractivity contribution in [3.63, 3.8) is 0 Å². The molecule has 1 fully saturated rings. The van der Waals surface area contributed by atoms with Crippen LogP contribution in [-0.2, 0) is 13.1 Å². The number of nitrogens with zero attached hydrogens (tertiary/aromatic N) is 2. The zero-order valence-corrected chi connectivity index (χ0v) is 15.3. The molecular weight excluding hydrogens is 331 g/mol. The largest absolute Gasteiger partial charge is 0.497 e. The Hall–Kier alpha value is -1.95.